The molecule has 1 heterocycles. The molecule has 0 spiro atoms. The molecule has 0 aliphatic rings. The van der Waals surface area contributed by atoms with Crippen molar-refractivity contribution < 1.29 is 14.3 Å². The highest BCUT2D eigenvalue weighted by atomic mass is 32.2. The molecule has 0 saturated carbocycles. The third kappa shape index (κ3) is 5.12. The number of thiazole rings is 1. The molecule has 0 bridgehead atoms. The number of ether oxygens (including phenoxy) is 1. The number of fused-ring (bicyclic) bond motifs is 1. The molecular weight excluding hydrogens is 424 g/mol. The van der Waals surface area contributed by atoms with E-state index in [0.717, 1.165) is 27.4 Å². The Morgan fingerprint density at radius 3 is 2.48 bits per heavy atom. The number of amides is 1. The topological polar surface area (TPSA) is 60.7 Å². The summed E-state index contributed by atoms with van der Waals surface area (Å²) in [4.78, 5) is 30.9. The molecule has 29 heavy (non-hydrogen) atoms. The third-order valence-corrected chi connectivity index (χ3v) is 6.62. The van der Waals surface area contributed by atoms with Crippen LogP contribution in [0.3, 0.4) is 0 Å². The second kappa shape index (κ2) is 10.1. The van der Waals surface area contributed by atoms with Gasteiger partial charge in [-0.1, -0.05) is 11.3 Å². The van der Waals surface area contributed by atoms with E-state index in [-0.39, 0.29) is 11.9 Å². The molecule has 0 N–H and O–H groups in total. The van der Waals surface area contributed by atoms with Crippen LogP contribution in [0.4, 0.5) is 0 Å². The van der Waals surface area contributed by atoms with Gasteiger partial charge in [-0.3, -0.25) is 4.79 Å². The van der Waals surface area contributed by atoms with Crippen LogP contribution >= 0.6 is 34.9 Å². The molecule has 1 aromatic heterocycles. The van der Waals surface area contributed by atoms with Crippen molar-refractivity contribution in [1.29, 1.82) is 0 Å². The maximum atomic E-state index is 12.7. The van der Waals surface area contributed by atoms with E-state index in [1.54, 1.807) is 48.6 Å². The van der Waals surface area contributed by atoms with Gasteiger partial charge in [-0.25, -0.2) is 4.79 Å². The summed E-state index contributed by atoms with van der Waals surface area (Å²) in [5.41, 5.74) is 2.02. The van der Waals surface area contributed by atoms with Crippen LogP contribution in [-0.4, -0.2) is 41.3 Å². The first-order valence-electron chi connectivity index (χ1n) is 9.10. The van der Waals surface area contributed by atoms with Crippen LogP contribution < -0.4 is 4.80 Å². The summed E-state index contributed by atoms with van der Waals surface area (Å²) < 4.78 is 8.04. The zero-order valence-electron chi connectivity index (χ0n) is 16.5. The number of thioether (sulfide) groups is 2. The Kier molecular flexibility index (Phi) is 7.57. The quantitative estimate of drug-likeness (QED) is 0.389. The lowest BCUT2D eigenvalue weighted by atomic mass is 10.2. The summed E-state index contributed by atoms with van der Waals surface area (Å²) in [5, 5.41) is 0. The molecule has 3 rings (SSSR count). The number of benzene rings is 2. The molecule has 8 heteroatoms. The zero-order valence-corrected chi connectivity index (χ0v) is 19.0. The molecule has 0 aliphatic carbocycles. The van der Waals surface area contributed by atoms with Crippen molar-refractivity contribution in [3.8, 4) is 0 Å². The summed E-state index contributed by atoms with van der Waals surface area (Å²) in [6.45, 7) is 2.85. The van der Waals surface area contributed by atoms with Crippen molar-refractivity contribution in [2.24, 2.45) is 4.99 Å². The summed E-state index contributed by atoms with van der Waals surface area (Å²) in [6.07, 6.45) is 4.04. The maximum absolute atomic E-state index is 12.7. The van der Waals surface area contributed by atoms with E-state index in [0.29, 0.717) is 22.5 Å². The fourth-order valence-electron chi connectivity index (χ4n) is 2.78. The molecule has 3 aromatic rings. The van der Waals surface area contributed by atoms with Crippen molar-refractivity contribution in [2.75, 3.05) is 24.9 Å². The van der Waals surface area contributed by atoms with Crippen molar-refractivity contribution in [1.82, 2.24) is 4.57 Å². The van der Waals surface area contributed by atoms with E-state index < -0.39 is 0 Å². The van der Waals surface area contributed by atoms with Crippen LogP contribution in [-0.2, 0) is 11.3 Å². The number of esters is 1. The second-order valence-electron chi connectivity index (χ2n) is 6.08. The summed E-state index contributed by atoms with van der Waals surface area (Å²) in [6, 6.07) is 12.9. The highest BCUT2D eigenvalue weighted by Crippen LogP contribution is 2.21. The fraction of sp³-hybridized carbons (Fsp3) is 0.286. The fourth-order valence-corrected chi connectivity index (χ4v) is 4.65. The Bertz CT molecular complexity index is 1080. The predicted octanol–water partition coefficient (Wildman–Crippen LogP) is 4.71. The number of aryl methyl sites for hydroxylation is 1. The molecule has 1 amide bonds. The van der Waals surface area contributed by atoms with Gasteiger partial charge in [0.1, 0.15) is 0 Å². The van der Waals surface area contributed by atoms with Gasteiger partial charge in [0.15, 0.2) is 4.80 Å². The Morgan fingerprint density at radius 1 is 1.10 bits per heavy atom. The Labute approximate surface area is 182 Å². The molecule has 0 saturated heterocycles. The van der Waals surface area contributed by atoms with Gasteiger partial charge in [0, 0.05) is 22.8 Å². The SMILES string of the molecule is CCOC(=O)c1ccc2c(c1)sc(=NC(=O)c1ccc(SC)cc1)n2CCSC. The second-order valence-corrected chi connectivity index (χ2v) is 8.95. The number of hydrogen-bond donors (Lipinski definition) is 0. The van der Waals surface area contributed by atoms with E-state index in [1.165, 1.54) is 11.3 Å². The molecule has 0 atom stereocenters. The van der Waals surface area contributed by atoms with Gasteiger partial charge in [0.2, 0.25) is 0 Å². The Morgan fingerprint density at radius 2 is 1.83 bits per heavy atom. The highest BCUT2D eigenvalue weighted by Gasteiger charge is 2.13. The number of carbonyl (C=O) groups excluding carboxylic acids is 2. The van der Waals surface area contributed by atoms with E-state index in [4.69, 9.17) is 4.74 Å². The monoisotopic (exact) mass is 446 g/mol. The molecule has 152 valence electrons. The van der Waals surface area contributed by atoms with Crippen LogP contribution in [0.25, 0.3) is 10.2 Å². The van der Waals surface area contributed by atoms with E-state index >= 15 is 0 Å². The lowest BCUT2D eigenvalue weighted by Crippen LogP contribution is -2.18. The third-order valence-electron chi connectivity index (χ3n) is 4.25. The molecule has 0 aliphatic heterocycles. The van der Waals surface area contributed by atoms with Crippen molar-refractivity contribution in [2.45, 2.75) is 18.4 Å². The largest absolute Gasteiger partial charge is 0.462 e. The van der Waals surface area contributed by atoms with Gasteiger partial charge in [0.05, 0.1) is 22.4 Å². The maximum Gasteiger partial charge on any atom is 0.338 e. The number of nitrogens with zero attached hydrogens (tertiary/aromatic N) is 2. The van der Waals surface area contributed by atoms with Crippen LogP contribution in [0.2, 0.25) is 0 Å². The summed E-state index contributed by atoms with van der Waals surface area (Å²) in [5.74, 6) is 0.282. The number of hydrogen-bond acceptors (Lipinski definition) is 6. The van der Waals surface area contributed by atoms with Crippen molar-refractivity contribution in [3.63, 3.8) is 0 Å². The van der Waals surface area contributed by atoms with Crippen LogP contribution in [0.1, 0.15) is 27.6 Å². The zero-order chi connectivity index (χ0) is 20.8. The first kappa shape index (κ1) is 21.7. The van der Waals surface area contributed by atoms with Gasteiger partial charge < -0.3 is 9.30 Å². The van der Waals surface area contributed by atoms with Gasteiger partial charge >= 0.3 is 5.97 Å². The van der Waals surface area contributed by atoms with Crippen LogP contribution in [0, 0.1) is 0 Å². The lowest BCUT2D eigenvalue weighted by Gasteiger charge is -2.05. The normalized spacial score (nSPS) is 11.8. The molecule has 0 fully saturated rings. The predicted molar refractivity (Wildman–Crippen MR) is 122 cm³/mol. The first-order chi connectivity index (χ1) is 14.1. The molecule has 0 radical (unpaired) electrons. The Hall–Kier alpha value is -2.03. The van der Waals surface area contributed by atoms with Crippen molar-refractivity contribution in [3.05, 3.63) is 58.4 Å². The summed E-state index contributed by atoms with van der Waals surface area (Å²) in [7, 11) is 0. The van der Waals surface area contributed by atoms with E-state index in [9.17, 15) is 9.59 Å². The van der Waals surface area contributed by atoms with Crippen LogP contribution in [0.5, 0.6) is 0 Å². The van der Waals surface area contributed by atoms with E-state index in [2.05, 4.69) is 4.99 Å². The number of carbonyl (C=O) groups is 2. The molecule has 2 aromatic carbocycles. The molecular formula is C21H22N2O3S3. The minimum atomic E-state index is -0.345. The smallest absolute Gasteiger partial charge is 0.338 e. The Balaban J connectivity index is 2.04. The highest BCUT2D eigenvalue weighted by molar-refractivity contribution is 7.98. The lowest BCUT2D eigenvalue weighted by molar-refractivity contribution is 0.0526. The van der Waals surface area contributed by atoms with Gasteiger partial charge in [-0.15, -0.1) is 11.8 Å². The average Bonchev–Trinajstić information content (AvgIpc) is 3.08. The first-order valence-corrected chi connectivity index (χ1v) is 12.5. The number of aromatic nitrogens is 1. The molecule has 0 unspecified atom stereocenters. The van der Waals surface area contributed by atoms with Gasteiger partial charge in [0.25, 0.3) is 5.91 Å². The van der Waals surface area contributed by atoms with Gasteiger partial charge in [-0.05, 0) is 61.9 Å². The average molecular weight is 447 g/mol. The van der Waals surface area contributed by atoms with Gasteiger partial charge in [-0.2, -0.15) is 16.8 Å². The summed E-state index contributed by atoms with van der Waals surface area (Å²) >= 11 is 4.77. The van der Waals surface area contributed by atoms with E-state index in [1.807, 2.05) is 41.3 Å². The minimum Gasteiger partial charge on any atom is -0.462 e. The molecule has 5 nitrogen and oxygen atoms in total. The standard InChI is InChI=1S/C21H22N2O3S3/c1-4-26-20(25)15-7-10-17-18(13-15)29-21(23(17)11-12-27-2)22-19(24)14-5-8-16(28-3)9-6-14/h5-10,13H,4,11-12H2,1-3H3. The van der Waals surface area contributed by atoms with Crippen LogP contribution in [0.15, 0.2) is 52.4 Å². The van der Waals surface area contributed by atoms with Crippen molar-refractivity contribution >= 4 is 57.0 Å². The number of rotatable bonds is 7. The minimum absolute atomic E-state index is 0.271.